The Kier molecular flexibility index (Phi) is 4.22. The highest BCUT2D eigenvalue weighted by molar-refractivity contribution is 6.30. The van der Waals surface area contributed by atoms with Crippen LogP contribution < -0.4 is 4.74 Å². The summed E-state index contributed by atoms with van der Waals surface area (Å²) in [6, 6.07) is 4.79. The average Bonchev–Trinajstić information content (AvgIpc) is 2.41. The molecule has 0 aliphatic carbocycles. The number of rotatable bonds is 2. The van der Waals surface area contributed by atoms with Crippen LogP contribution in [0.15, 0.2) is 18.2 Å². The van der Waals surface area contributed by atoms with E-state index < -0.39 is 11.7 Å². The van der Waals surface area contributed by atoms with Crippen LogP contribution in [0.25, 0.3) is 0 Å². The summed E-state index contributed by atoms with van der Waals surface area (Å²) in [7, 11) is 1.47. The van der Waals surface area contributed by atoms with Gasteiger partial charge in [0.15, 0.2) is 0 Å². The summed E-state index contributed by atoms with van der Waals surface area (Å²) in [5.74, 6) is 0.155. The number of likely N-dealkylation sites (tertiary alicyclic amines) is 1. The maximum atomic E-state index is 12.5. The van der Waals surface area contributed by atoms with E-state index in [0.29, 0.717) is 29.3 Å². The highest BCUT2D eigenvalue weighted by Crippen LogP contribution is 2.27. The first-order chi connectivity index (χ1) is 9.35. The third-order valence-electron chi connectivity index (χ3n) is 3.68. The average molecular weight is 300 g/mol. The molecule has 2 N–H and O–H groups in total. The molecule has 2 rings (SSSR count). The minimum Gasteiger partial charge on any atom is -0.496 e. The standard InChI is InChI=1S/C14H18ClNO4/c1-14(19)5-6-16(8-12(14)17)13(18)10-4-3-9(15)7-11(10)20-2/h3-4,7,12,17,19H,5-6,8H2,1-2H3/t12-,14+/m0/s1. The van der Waals surface area contributed by atoms with Crippen LogP contribution >= 0.6 is 11.6 Å². The summed E-state index contributed by atoms with van der Waals surface area (Å²) in [5, 5.41) is 20.3. The van der Waals surface area contributed by atoms with Crippen molar-refractivity contribution in [1.29, 1.82) is 0 Å². The minimum absolute atomic E-state index is 0.0949. The van der Waals surface area contributed by atoms with Crippen molar-refractivity contribution in [3.05, 3.63) is 28.8 Å². The number of carbonyl (C=O) groups is 1. The van der Waals surface area contributed by atoms with Crippen molar-refractivity contribution in [3.8, 4) is 5.75 Å². The van der Waals surface area contributed by atoms with Crippen molar-refractivity contribution >= 4 is 17.5 Å². The number of carbonyl (C=O) groups excluding carboxylic acids is 1. The second-order valence-corrected chi connectivity index (χ2v) is 5.66. The summed E-state index contributed by atoms with van der Waals surface area (Å²) in [4.78, 5) is 14.0. The molecule has 0 unspecified atom stereocenters. The number of ether oxygens (including phenoxy) is 1. The van der Waals surface area contributed by atoms with Gasteiger partial charge in [0.2, 0.25) is 0 Å². The van der Waals surface area contributed by atoms with E-state index in [-0.39, 0.29) is 12.5 Å². The summed E-state index contributed by atoms with van der Waals surface area (Å²) in [6.45, 7) is 2.05. The second-order valence-electron chi connectivity index (χ2n) is 5.22. The number of hydrogen-bond donors (Lipinski definition) is 2. The molecule has 2 atom stereocenters. The molecular weight excluding hydrogens is 282 g/mol. The van der Waals surface area contributed by atoms with Crippen molar-refractivity contribution < 1.29 is 19.7 Å². The lowest BCUT2D eigenvalue weighted by Gasteiger charge is -2.40. The fourth-order valence-electron chi connectivity index (χ4n) is 2.22. The van der Waals surface area contributed by atoms with E-state index in [2.05, 4.69) is 0 Å². The fraction of sp³-hybridized carbons (Fsp3) is 0.500. The van der Waals surface area contributed by atoms with Gasteiger partial charge in [0.05, 0.1) is 24.4 Å². The molecule has 1 saturated heterocycles. The van der Waals surface area contributed by atoms with E-state index in [0.717, 1.165) is 0 Å². The minimum atomic E-state index is -1.15. The van der Waals surface area contributed by atoms with Crippen molar-refractivity contribution in [3.63, 3.8) is 0 Å². The first-order valence-electron chi connectivity index (χ1n) is 6.38. The second kappa shape index (κ2) is 5.60. The van der Waals surface area contributed by atoms with Gasteiger partial charge in [-0.25, -0.2) is 0 Å². The molecule has 1 heterocycles. The Balaban J connectivity index is 2.20. The van der Waals surface area contributed by atoms with E-state index >= 15 is 0 Å². The van der Waals surface area contributed by atoms with Gasteiger partial charge < -0.3 is 19.8 Å². The van der Waals surface area contributed by atoms with Gasteiger partial charge in [-0.3, -0.25) is 4.79 Å². The smallest absolute Gasteiger partial charge is 0.257 e. The molecule has 20 heavy (non-hydrogen) atoms. The normalized spacial score (nSPS) is 26.4. The lowest BCUT2D eigenvalue weighted by Crippen LogP contribution is -2.55. The van der Waals surface area contributed by atoms with Crippen LogP contribution in [0.3, 0.4) is 0 Å². The van der Waals surface area contributed by atoms with Crippen LogP contribution in [0.2, 0.25) is 5.02 Å². The number of halogens is 1. The lowest BCUT2D eigenvalue weighted by molar-refractivity contribution is -0.0999. The summed E-state index contributed by atoms with van der Waals surface area (Å²) >= 11 is 5.87. The lowest BCUT2D eigenvalue weighted by atomic mass is 9.90. The van der Waals surface area contributed by atoms with Crippen LogP contribution in [-0.2, 0) is 0 Å². The molecule has 1 fully saturated rings. The Morgan fingerprint density at radius 3 is 2.85 bits per heavy atom. The Labute approximate surface area is 122 Å². The topological polar surface area (TPSA) is 70.0 Å². The van der Waals surface area contributed by atoms with Crippen LogP contribution in [0, 0.1) is 0 Å². The predicted molar refractivity (Wildman–Crippen MR) is 75.2 cm³/mol. The number of methoxy groups -OCH3 is 1. The molecule has 110 valence electrons. The van der Waals surface area contributed by atoms with E-state index in [1.165, 1.54) is 12.0 Å². The van der Waals surface area contributed by atoms with Crippen molar-refractivity contribution in [2.24, 2.45) is 0 Å². The number of amides is 1. The monoisotopic (exact) mass is 299 g/mol. The van der Waals surface area contributed by atoms with Crippen molar-refractivity contribution in [2.45, 2.75) is 25.0 Å². The van der Waals surface area contributed by atoms with E-state index in [1.807, 2.05) is 0 Å². The first-order valence-corrected chi connectivity index (χ1v) is 6.76. The molecule has 0 aromatic heterocycles. The Morgan fingerprint density at radius 2 is 2.25 bits per heavy atom. The SMILES string of the molecule is COc1cc(Cl)ccc1C(=O)N1CC[C@@](C)(O)[C@@H](O)C1. The maximum Gasteiger partial charge on any atom is 0.257 e. The van der Waals surface area contributed by atoms with Gasteiger partial charge in [-0.2, -0.15) is 0 Å². The van der Waals surface area contributed by atoms with Gasteiger partial charge in [-0.15, -0.1) is 0 Å². The highest BCUT2D eigenvalue weighted by Gasteiger charge is 2.38. The van der Waals surface area contributed by atoms with Gasteiger partial charge in [-0.1, -0.05) is 11.6 Å². The Hall–Kier alpha value is -1.30. The molecule has 1 aromatic carbocycles. The van der Waals surface area contributed by atoms with Crippen molar-refractivity contribution in [2.75, 3.05) is 20.2 Å². The zero-order chi connectivity index (χ0) is 14.9. The molecule has 5 nitrogen and oxygen atoms in total. The number of piperidine rings is 1. The summed E-state index contributed by atoms with van der Waals surface area (Å²) < 4.78 is 5.16. The zero-order valence-corrected chi connectivity index (χ0v) is 12.2. The molecule has 0 bridgehead atoms. The van der Waals surface area contributed by atoms with Gasteiger partial charge in [0.25, 0.3) is 5.91 Å². The predicted octanol–water partition coefficient (Wildman–Crippen LogP) is 1.31. The third-order valence-corrected chi connectivity index (χ3v) is 3.92. The number of hydrogen-bond acceptors (Lipinski definition) is 4. The molecule has 6 heteroatoms. The third kappa shape index (κ3) is 2.90. The fourth-order valence-corrected chi connectivity index (χ4v) is 2.38. The number of nitrogens with zero attached hydrogens (tertiary/aromatic N) is 1. The largest absolute Gasteiger partial charge is 0.496 e. The van der Waals surface area contributed by atoms with Gasteiger partial charge in [-0.05, 0) is 31.5 Å². The number of aliphatic hydroxyl groups excluding tert-OH is 1. The molecule has 1 amide bonds. The molecule has 0 spiro atoms. The van der Waals surface area contributed by atoms with Gasteiger partial charge in [0, 0.05) is 18.1 Å². The summed E-state index contributed by atoms with van der Waals surface area (Å²) in [5.41, 5.74) is -0.758. The van der Waals surface area contributed by atoms with E-state index in [4.69, 9.17) is 16.3 Å². The number of β-amino-alcohol motifs (C(OH)–C–C–N with tert-alkyl or cyclic N) is 1. The Morgan fingerprint density at radius 1 is 1.55 bits per heavy atom. The van der Waals surface area contributed by atoms with Crippen molar-refractivity contribution in [1.82, 2.24) is 4.90 Å². The van der Waals surface area contributed by atoms with Crippen LogP contribution in [-0.4, -0.2) is 52.9 Å². The molecule has 1 aliphatic rings. The first kappa shape index (κ1) is 15.1. The zero-order valence-electron chi connectivity index (χ0n) is 11.5. The van der Waals surface area contributed by atoms with E-state index in [9.17, 15) is 15.0 Å². The molecule has 0 saturated carbocycles. The van der Waals surface area contributed by atoms with Crippen LogP contribution in [0.4, 0.5) is 0 Å². The molecular formula is C14H18ClNO4. The molecule has 1 aliphatic heterocycles. The number of benzene rings is 1. The maximum absolute atomic E-state index is 12.5. The molecule has 0 radical (unpaired) electrons. The highest BCUT2D eigenvalue weighted by atomic mass is 35.5. The quantitative estimate of drug-likeness (QED) is 0.864. The van der Waals surface area contributed by atoms with Gasteiger partial charge >= 0.3 is 0 Å². The van der Waals surface area contributed by atoms with Gasteiger partial charge in [0.1, 0.15) is 5.75 Å². The number of aliphatic hydroxyl groups is 2. The van der Waals surface area contributed by atoms with Crippen LogP contribution in [0.1, 0.15) is 23.7 Å². The van der Waals surface area contributed by atoms with Crippen LogP contribution in [0.5, 0.6) is 5.75 Å². The Bertz CT molecular complexity index is 518. The summed E-state index contributed by atoms with van der Waals surface area (Å²) in [6.07, 6.45) is -0.631. The van der Waals surface area contributed by atoms with E-state index in [1.54, 1.807) is 25.1 Å². The molecule has 1 aromatic rings.